The van der Waals surface area contributed by atoms with Gasteiger partial charge in [0.1, 0.15) is 0 Å². The maximum atomic E-state index is 3.56. The summed E-state index contributed by atoms with van der Waals surface area (Å²) in [7, 11) is 0. The Labute approximate surface area is 208 Å². The van der Waals surface area contributed by atoms with Gasteiger partial charge in [-0.25, -0.2) is 0 Å². The first-order valence-electron chi connectivity index (χ1n) is 11.0. The van der Waals surface area contributed by atoms with Crippen LogP contribution in [0.15, 0.2) is 93.9 Å². The summed E-state index contributed by atoms with van der Waals surface area (Å²) < 4.78 is 2.32. The first-order valence-corrected chi connectivity index (χ1v) is 12.6. The van der Waals surface area contributed by atoms with Crippen LogP contribution in [0.2, 0.25) is 0 Å². The normalized spacial score (nSPS) is 15.7. The van der Waals surface area contributed by atoms with Gasteiger partial charge in [-0.15, -0.1) is 0 Å². The van der Waals surface area contributed by atoms with Crippen molar-refractivity contribution in [3.8, 4) is 22.3 Å². The first-order chi connectivity index (χ1) is 15.2. The first kappa shape index (κ1) is 21.7. The van der Waals surface area contributed by atoms with E-state index in [0.717, 1.165) is 8.95 Å². The molecule has 0 radical (unpaired) electrons. The molecule has 0 bridgehead atoms. The average Bonchev–Trinajstić information content (AvgIpc) is 3.14. The summed E-state index contributed by atoms with van der Waals surface area (Å²) in [6.07, 6.45) is 0. The standard InChI is InChI=1S/2C15H13Br/c2*1-15(2)13-6-4-3-5-11(13)12-8-7-10(16)9-14(12)15/h2*3-9H,1-2H3. The van der Waals surface area contributed by atoms with Crippen LogP contribution in [0.5, 0.6) is 0 Å². The second-order valence-electron chi connectivity index (χ2n) is 9.72. The lowest BCUT2D eigenvalue weighted by Crippen LogP contribution is -2.14. The molecule has 0 aromatic heterocycles. The lowest BCUT2D eigenvalue weighted by atomic mass is 9.82. The Balaban J connectivity index is 0.000000135. The molecule has 0 aliphatic heterocycles. The third-order valence-electron chi connectivity index (χ3n) is 7.09. The largest absolute Gasteiger partial charge is 0.0619 e. The Bertz CT molecular complexity index is 1240. The molecule has 0 saturated carbocycles. The minimum atomic E-state index is 0.121. The smallest absolute Gasteiger partial charge is 0.0178 e. The highest BCUT2D eigenvalue weighted by Gasteiger charge is 2.35. The van der Waals surface area contributed by atoms with Crippen LogP contribution < -0.4 is 0 Å². The van der Waals surface area contributed by atoms with E-state index in [1.807, 2.05) is 0 Å². The summed E-state index contributed by atoms with van der Waals surface area (Å²) in [6.45, 7) is 9.18. The third kappa shape index (κ3) is 3.31. The summed E-state index contributed by atoms with van der Waals surface area (Å²) >= 11 is 7.12. The number of rotatable bonds is 0. The highest BCUT2D eigenvalue weighted by Crippen LogP contribution is 2.50. The molecule has 2 aliphatic carbocycles. The van der Waals surface area contributed by atoms with Gasteiger partial charge >= 0.3 is 0 Å². The van der Waals surface area contributed by atoms with Crippen molar-refractivity contribution < 1.29 is 0 Å². The maximum absolute atomic E-state index is 3.56. The molecule has 0 unspecified atom stereocenters. The summed E-state index contributed by atoms with van der Waals surface area (Å²) in [6, 6.07) is 30.6. The zero-order chi connectivity index (χ0) is 22.7. The van der Waals surface area contributed by atoms with Crippen molar-refractivity contribution in [3.63, 3.8) is 0 Å². The lowest BCUT2D eigenvalue weighted by Gasteiger charge is -2.21. The maximum Gasteiger partial charge on any atom is 0.0178 e. The van der Waals surface area contributed by atoms with Crippen molar-refractivity contribution >= 4 is 31.9 Å². The van der Waals surface area contributed by atoms with Crippen LogP contribution in [0.25, 0.3) is 22.3 Å². The van der Waals surface area contributed by atoms with Crippen molar-refractivity contribution in [2.45, 2.75) is 38.5 Å². The van der Waals surface area contributed by atoms with Crippen molar-refractivity contribution in [2.24, 2.45) is 0 Å². The fraction of sp³-hybridized carbons (Fsp3) is 0.200. The zero-order valence-corrected chi connectivity index (χ0v) is 22.0. The molecule has 0 amide bonds. The van der Waals surface area contributed by atoms with Crippen molar-refractivity contribution in [1.29, 1.82) is 0 Å². The second-order valence-corrected chi connectivity index (χ2v) is 11.6. The highest BCUT2D eigenvalue weighted by molar-refractivity contribution is 9.10. The fourth-order valence-electron chi connectivity index (χ4n) is 5.35. The molecule has 4 aromatic rings. The Kier molecular flexibility index (Phi) is 5.22. The van der Waals surface area contributed by atoms with Crippen molar-refractivity contribution in [2.75, 3.05) is 0 Å². The molecular formula is C30H26Br2. The van der Waals surface area contributed by atoms with Gasteiger partial charge in [0.05, 0.1) is 0 Å². The third-order valence-corrected chi connectivity index (χ3v) is 8.08. The van der Waals surface area contributed by atoms with Gasteiger partial charge in [0.25, 0.3) is 0 Å². The highest BCUT2D eigenvalue weighted by atomic mass is 79.9. The minimum absolute atomic E-state index is 0.121. The van der Waals surface area contributed by atoms with Crippen LogP contribution >= 0.6 is 31.9 Å². The summed E-state index contributed by atoms with van der Waals surface area (Å²) in [5.41, 5.74) is 11.5. The van der Waals surface area contributed by atoms with Gasteiger partial charge in [-0.05, 0) is 68.8 Å². The van der Waals surface area contributed by atoms with Crippen molar-refractivity contribution in [1.82, 2.24) is 0 Å². The monoisotopic (exact) mass is 544 g/mol. The topological polar surface area (TPSA) is 0 Å². The minimum Gasteiger partial charge on any atom is -0.0619 e. The van der Waals surface area contributed by atoms with E-state index >= 15 is 0 Å². The van der Waals surface area contributed by atoms with Crippen LogP contribution in [-0.4, -0.2) is 0 Å². The van der Waals surface area contributed by atoms with Gasteiger partial charge in [0.15, 0.2) is 0 Å². The second kappa shape index (κ2) is 7.71. The van der Waals surface area contributed by atoms with E-state index in [2.05, 4.69) is 144 Å². The van der Waals surface area contributed by atoms with Gasteiger partial charge in [-0.2, -0.15) is 0 Å². The van der Waals surface area contributed by atoms with Crippen LogP contribution in [0, 0.1) is 0 Å². The predicted molar refractivity (Wildman–Crippen MR) is 143 cm³/mol. The predicted octanol–water partition coefficient (Wildman–Crippen LogP) is 9.51. The lowest BCUT2D eigenvalue weighted by molar-refractivity contribution is 0.660. The van der Waals surface area contributed by atoms with Gasteiger partial charge in [-0.3, -0.25) is 0 Å². The number of fused-ring (bicyclic) bond motifs is 6. The van der Waals surface area contributed by atoms with Gasteiger partial charge < -0.3 is 0 Å². The summed E-state index contributed by atoms with van der Waals surface area (Å²) in [5, 5.41) is 0. The number of hydrogen-bond donors (Lipinski definition) is 0. The molecule has 160 valence electrons. The van der Waals surface area contributed by atoms with Crippen molar-refractivity contribution in [3.05, 3.63) is 116 Å². The molecule has 0 nitrogen and oxygen atoms in total. The molecular weight excluding hydrogens is 520 g/mol. The Hall–Kier alpha value is -2.16. The molecule has 0 fully saturated rings. The molecule has 0 spiro atoms. The Morgan fingerprint density at radius 2 is 0.781 bits per heavy atom. The van der Waals surface area contributed by atoms with E-state index in [1.54, 1.807) is 0 Å². The Morgan fingerprint density at radius 1 is 0.438 bits per heavy atom. The van der Waals surface area contributed by atoms with E-state index in [0.29, 0.717) is 0 Å². The SMILES string of the molecule is CC1(C)c2ccccc2-c2ccc(Br)cc21.CC1(C)c2ccccc2-c2ccc(Br)cc21. The number of hydrogen-bond acceptors (Lipinski definition) is 0. The van der Waals surface area contributed by atoms with E-state index in [4.69, 9.17) is 0 Å². The van der Waals surface area contributed by atoms with E-state index < -0.39 is 0 Å². The Morgan fingerprint density at radius 3 is 1.19 bits per heavy atom. The molecule has 0 saturated heterocycles. The molecule has 2 heteroatoms. The molecule has 32 heavy (non-hydrogen) atoms. The zero-order valence-electron chi connectivity index (χ0n) is 18.8. The summed E-state index contributed by atoms with van der Waals surface area (Å²) in [4.78, 5) is 0. The molecule has 2 aliphatic rings. The van der Waals surface area contributed by atoms with Gasteiger partial charge in [-0.1, -0.05) is 120 Å². The van der Waals surface area contributed by atoms with Crippen LogP contribution in [0.1, 0.15) is 49.9 Å². The van der Waals surface area contributed by atoms with Gasteiger partial charge in [0, 0.05) is 19.8 Å². The van der Waals surface area contributed by atoms with Crippen LogP contribution in [0.3, 0.4) is 0 Å². The fourth-order valence-corrected chi connectivity index (χ4v) is 6.08. The van der Waals surface area contributed by atoms with E-state index in [1.165, 1.54) is 44.5 Å². The molecule has 0 N–H and O–H groups in total. The molecule has 0 heterocycles. The molecule has 6 rings (SSSR count). The quantitative estimate of drug-likeness (QED) is 0.206. The van der Waals surface area contributed by atoms with Crippen LogP contribution in [-0.2, 0) is 10.8 Å². The van der Waals surface area contributed by atoms with E-state index in [9.17, 15) is 0 Å². The number of benzene rings is 4. The van der Waals surface area contributed by atoms with E-state index in [-0.39, 0.29) is 10.8 Å². The van der Waals surface area contributed by atoms with Gasteiger partial charge in [0.2, 0.25) is 0 Å². The number of halogens is 2. The summed E-state index contributed by atoms with van der Waals surface area (Å²) in [5.74, 6) is 0. The average molecular weight is 546 g/mol. The molecule has 4 aromatic carbocycles. The molecule has 0 atom stereocenters. The van der Waals surface area contributed by atoms with Crippen LogP contribution in [0.4, 0.5) is 0 Å².